The van der Waals surface area contributed by atoms with Gasteiger partial charge in [0, 0.05) is 24.8 Å². The van der Waals surface area contributed by atoms with Gasteiger partial charge in [0.25, 0.3) is 0 Å². The first-order valence-electron chi connectivity index (χ1n) is 9.28. The van der Waals surface area contributed by atoms with Crippen molar-refractivity contribution in [3.05, 3.63) is 54.6 Å². The summed E-state index contributed by atoms with van der Waals surface area (Å²) >= 11 is 0. The predicted octanol–water partition coefficient (Wildman–Crippen LogP) is 2.56. The maximum atomic E-state index is 14.8. The number of imidazole rings is 1. The Hall–Kier alpha value is -3.51. The molecular weight excluding hydrogens is 371 g/mol. The molecule has 9 heteroatoms. The Kier molecular flexibility index (Phi) is 5.10. The third-order valence-electron chi connectivity index (χ3n) is 5.07. The molecule has 1 aliphatic rings. The molecule has 1 fully saturated rings. The third kappa shape index (κ3) is 4.02. The lowest BCUT2D eigenvalue weighted by Crippen LogP contribution is -2.31. The average Bonchev–Trinajstić information content (AvgIpc) is 3.38. The molecule has 0 amide bonds. The topological polar surface area (TPSA) is 85.9 Å². The SMILES string of the molecule is CN(C)C1CCN(c2ccc(-n3cnc(Nc4cnc(C#N)cn4)c3)c(F)c2)C1. The summed E-state index contributed by atoms with van der Waals surface area (Å²) in [5.74, 6) is 0.647. The van der Waals surface area contributed by atoms with Crippen LogP contribution in [0.1, 0.15) is 12.1 Å². The first-order chi connectivity index (χ1) is 14.0. The van der Waals surface area contributed by atoms with Crippen LogP contribution in [0, 0.1) is 17.1 Å². The molecule has 1 aromatic carbocycles. The molecule has 0 bridgehead atoms. The van der Waals surface area contributed by atoms with Crippen LogP contribution in [0.4, 0.5) is 21.7 Å². The first kappa shape index (κ1) is 18.8. The fraction of sp³-hybridized carbons (Fsp3) is 0.300. The monoisotopic (exact) mass is 392 g/mol. The lowest BCUT2D eigenvalue weighted by molar-refractivity contribution is 0.315. The molecule has 2 aromatic heterocycles. The van der Waals surface area contributed by atoms with Crippen molar-refractivity contribution in [2.45, 2.75) is 12.5 Å². The van der Waals surface area contributed by atoms with Crippen LogP contribution in [0.25, 0.3) is 5.69 Å². The van der Waals surface area contributed by atoms with Gasteiger partial charge in [0.15, 0.2) is 5.69 Å². The molecule has 1 unspecified atom stereocenters. The minimum absolute atomic E-state index is 0.234. The molecule has 4 rings (SSSR count). The summed E-state index contributed by atoms with van der Waals surface area (Å²) < 4.78 is 16.4. The highest BCUT2D eigenvalue weighted by molar-refractivity contribution is 5.55. The summed E-state index contributed by atoms with van der Waals surface area (Å²) in [4.78, 5) is 16.7. The highest BCUT2D eigenvalue weighted by atomic mass is 19.1. The lowest BCUT2D eigenvalue weighted by atomic mass is 10.2. The highest BCUT2D eigenvalue weighted by Gasteiger charge is 2.24. The second-order valence-corrected chi connectivity index (χ2v) is 7.18. The van der Waals surface area contributed by atoms with Crippen LogP contribution in [0.2, 0.25) is 0 Å². The molecular formula is C20H21FN8. The highest BCUT2D eigenvalue weighted by Crippen LogP contribution is 2.26. The Morgan fingerprint density at radius 1 is 1.21 bits per heavy atom. The van der Waals surface area contributed by atoms with Gasteiger partial charge in [0.05, 0.1) is 24.3 Å². The zero-order valence-corrected chi connectivity index (χ0v) is 16.2. The van der Waals surface area contributed by atoms with Crippen LogP contribution in [0.3, 0.4) is 0 Å². The normalized spacial score (nSPS) is 16.2. The molecule has 3 heterocycles. The van der Waals surface area contributed by atoms with Crippen LogP contribution in [-0.4, -0.2) is 57.6 Å². The number of nitrogens with one attached hydrogen (secondary N) is 1. The lowest BCUT2D eigenvalue weighted by Gasteiger charge is -2.22. The van der Waals surface area contributed by atoms with Gasteiger partial charge in [-0.3, -0.25) is 0 Å². The van der Waals surface area contributed by atoms with E-state index in [0.29, 0.717) is 23.4 Å². The zero-order valence-electron chi connectivity index (χ0n) is 16.2. The summed E-state index contributed by atoms with van der Waals surface area (Å²) in [5, 5.41) is 11.8. The molecule has 1 N–H and O–H groups in total. The van der Waals surface area contributed by atoms with Crippen molar-refractivity contribution in [1.29, 1.82) is 5.26 Å². The van der Waals surface area contributed by atoms with E-state index in [4.69, 9.17) is 5.26 Å². The molecule has 0 radical (unpaired) electrons. The summed E-state index contributed by atoms with van der Waals surface area (Å²) in [6, 6.07) is 7.69. The number of hydrogen-bond donors (Lipinski definition) is 1. The van der Waals surface area contributed by atoms with E-state index in [0.717, 1.165) is 25.2 Å². The minimum Gasteiger partial charge on any atom is -0.370 e. The van der Waals surface area contributed by atoms with E-state index in [1.54, 1.807) is 22.9 Å². The van der Waals surface area contributed by atoms with Gasteiger partial charge in [-0.15, -0.1) is 0 Å². The largest absolute Gasteiger partial charge is 0.370 e. The van der Waals surface area contributed by atoms with Gasteiger partial charge in [-0.05, 0) is 38.7 Å². The van der Waals surface area contributed by atoms with E-state index in [1.807, 2.05) is 12.1 Å². The van der Waals surface area contributed by atoms with E-state index in [-0.39, 0.29) is 11.5 Å². The average molecular weight is 392 g/mol. The van der Waals surface area contributed by atoms with Crippen molar-refractivity contribution in [1.82, 2.24) is 24.4 Å². The maximum Gasteiger partial charge on any atom is 0.158 e. The van der Waals surface area contributed by atoms with E-state index in [2.05, 4.69) is 44.2 Å². The number of likely N-dealkylation sites (N-methyl/N-ethyl adjacent to an activating group) is 1. The van der Waals surface area contributed by atoms with Crippen molar-refractivity contribution < 1.29 is 4.39 Å². The third-order valence-corrected chi connectivity index (χ3v) is 5.07. The smallest absolute Gasteiger partial charge is 0.158 e. The van der Waals surface area contributed by atoms with E-state index >= 15 is 0 Å². The molecule has 29 heavy (non-hydrogen) atoms. The van der Waals surface area contributed by atoms with Crippen LogP contribution in [0.5, 0.6) is 0 Å². The van der Waals surface area contributed by atoms with Gasteiger partial charge < -0.3 is 19.7 Å². The zero-order chi connectivity index (χ0) is 20.4. The molecule has 1 aliphatic heterocycles. The Balaban J connectivity index is 1.48. The Morgan fingerprint density at radius 3 is 2.72 bits per heavy atom. The molecule has 8 nitrogen and oxygen atoms in total. The quantitative estimate of drug-likeness (QED) is 0.714. The van der Waals surface area contributed by atoms with Crippen molar-refractivity contribution >= 4 is 17.3 Å². The van der Waals surface area contributed by atoms with Crippen LogP contribution in [0.15, 0.2) is 43.1 Å². The number of rotatable bonds is 5. The number of nitrogens with zero attached hydrogens (tertiary/aromatic N) is 7. The van der Waals surface area contributed by atoms with Gasteiger partial charge in [-0.2, -0.15) is 5.26 Å². The standard InChI is InChI=1S/C20H21FN8/c1-27(2)16-5-6-28(11-16)15-3-4-18(17(21)7-15)29-12-20(25-13-29)26-19-10-23-14(8-22)9-24-19/h3-4,7,9-10,12-13,16H,5-6,11H2,1-2H3,(H,24,26). The molecule has 1 atom stereocenters. The number of benzene rings is 1. The summed E-state index contributed by atoms with van der Waals surface area (Å²) in [6.07, 6.45) is 7.11. The fourth-order valence-electron chi connectivity index (χ4n) is 3.40. The van der Waals surface area contributed by atoms with Crippen LogP contribution < -0.4 is 10.2 Å². The molecule has 0 saturated carbocycles. The number of hydrogen-bond acceptors (Lipinski definition) is 7. The van der Waals surface area contributed by atoms with Gasteiger partial charge in [0.2, 0.25) is 0 Å². The molecule has 0 aliphatic carbocycles. The van der Waals surface area contributed by atoms with Crippen molar-refractivity contribution in [2.24, 2.45) is 0 Å². The summed E-state index contributed by atoms with van der Waals surface area (Å²) in [5.41, 5.74) is 1.55. The molecule has 148 valence electrons. The number of aromatic nitrogens is 4. The van der Waals surface area contributed by atoms with E-state index in [1.165, 1.54) is 18.7 Å². The van der Waals surface area contributed by atoms with Gasteiger partial charge in [-0.1, -0.05) is 0 Å². The first-order valence-corrected chi connectivity index (χ1v) is 9.28. The Morgan fingerprint density at radius 2 is 2.07 bits per heavy atom. The van der Waals surface area contributed by atoms with Gasteiger partial charge >= 0.3 is 0 Å². The van der Waals surface area contributed by atoms with Crippen molar-refractivity contribution in [2.75, 3.05) is 37.4 Å². The maximum absolute atomic E-state index is 14.8. The second-order valence-electron chi connectivity index (χ2n) is 7.18. The van der Waals surface area contributed by atoms with E-state index in [9.17, 15) is 4.39 Å². The minimum atomic E-state index is -0.307. The number of nitriles is 1. The number of anilines is 3. The van der Waals surface area contributed by atoms with Gasteiger partial charge in [-0.25, -0.2) is 19.3 Å². The van der Waals surface area contributed by atoms with Crippen molar-refractivity contribution in [3.63, 3.8) is 0 Å². The molecule has 1 saturated heterocycles. The van der Waals surface area contributed by atoms with E-state index < -0.39 is 0 Å². The Bertz CT molecular complexity index is 1040. The van der Waals surface area contributed by atoms with Crippen LogP contribution >= 0.6 is 0 Å². The van der Waals surface area contributed by atoms with Crippen molar-refractivity contribution in [3.8, 4) is 11.8 Å². The fourth-order valence-corrected chi connectivity index (χ4v) is 3.40. The predicted molar refractivity (Wildman–Crippen MR) is 108 cm³/mol. The molecule has 0 spiro atoms. The second kappa shape index (κ2) is 7.85. The number of halogens is 1. The van der Waals surface area contributed by atoms with Gasteiger partial charge in [0.1, 0.15) is 29.8 Å². The summed E-state index contributed by atoms with van der Waals surface area (Å²) in [6.45, 7) is 1.82. The summed E-state index contributed by atoms with van der Waals surface area (Å²) in [7, 11) is 4.15. The van der Waals surface area contributed by atoms with Crippen LogP contribution in [-0.2, 0) is 0 Å². The molecule has 3 aromatic rings. The Labute approximate surface area is 168 Å².